The summed E-state index contributed by atoms with van der Waals surface area (Å²) in [5.74, 6) is 0. The molecule has 1 saturated heterocycles. The van der Waals surface area contributed by atoms with Crippen molar-refractivity contribution >= 4 is 0 Å². The molecule has 1 atom stereocenters. The number of nitrogens with one attached hydrogen (secondary N) is 1. The van der Waals surface area contributed by atoms with Crippen molar-refractivity contribution in [2.45, 2.75) is 51.0 Å². The molecule has 0 spiro atoms. The van der Waals surface area contributed by atoms with Gasteiger partial charge in [0.1, 0.15) is 0 Å². The van der Waals surface area contributed by atoms with Crippen molar-refractivity contribution in [3.63, 3.8) is 0 Å². The summed E-state index contributed by atoms with van der Waals surface area (Å²) in [5.41, 5.74) is 0.0884. The summed E-state index contributed by atoms with van der Waals surface area (Å²) in [4.78, 5) is 0. The molecule has 1 fully saturated rings. The Balaban J connectivity index is 1.88. The molecular weight excluding hydrogens is 190 g/mol. The Labute approximate surface area is 93.2 Å². The highest BCUT2D eigenvalue weighted by molar-refractivity contribution is 4.82. The van der Waals surface area contributed by atoms with E-state index in [-0.39, 0.29) is 5.60 Å². The molecule has 0 saturated carbocycles. The van der Waals surface area contributed by atoms with E-state index in [1.54, 1.807) is 0 Å². The van der Waals surface area contributed by atoms with Crippen LogP contribution in [0.15, 0.2) is 0 Å². The summed E-state index contributed by atoms with van der Waals surface area (Å²) in [6.45, 7) is 5.50. The van der Waals surface area contributed by atoms with E-state index in [1.165, 1.54) is 25.7 Å². The first-order valence-electron chi connectivity index (χ1n) is 6.22. The molecule has 2 N–H and O–H groups in total. The second-order valence-electron chi connectivity index (χ2n) is 4.72. The van der Waals surface area contributed by atoms with Gasteiger partial charge in [-0.25, -0.2) is 0 Å². The van der Waals surface area contributed by atoms with Crippen molar-refractivity contribution < 1.29 is 9.84 Å². The van der Waals surface area contributed by atoms with Crippen molar-refractivity contribution in [1.82, 2.24) is 5.32 Å². The molecule has 1 aliphatic rings. The van der Waals surface area contributed by atoms with Crippen LogP contribution in [0.2, 0.25) is 0 Å². The van der Waals surface area contributed by atoms with Gasteiger partial charge in [-0.3, -0.25) is 0 Å². The van der Waals surface area contributed by atoms with Crippen molar-refractivity contribution in [3.05, 3.63) is 0 Å². The van der Waals surface area contributed by atoms with Crippen molar-refractivity contribution in [2.24, 2.45) is 0 Å². The van der Waals surface area contributed by atoms with Crippen LogP contribution in [0.3, 0.4) is 0 Å². The van der Waals surface area contributed by atoms with Crippen LogP contribution in [-0.4, -0.2) is 37.0 Å². The molecule has 15 heavy (non-hydrogen) atoms. The Kier molecular flexibility index (Phi) is 6.22. The SMILES string of the molecule is CC1(CNCCCCCCO)CCCO1. The fourth-order valence-electron chi connectivity index (χ4n) is 2.04. The first-order chi connectivity index (χ1) is 7.27. The topological polar surface area (TPSA) is 41.5 Å². The Morgan fingerprint density at radius 3 is 2.73 bits per heavy atom. The molecule has 90 valence electrons. The maximum Gasteiger partial charge on any atom is 0.0779 e. The van der Waals surface area contributed by atoms with E-state index in [0.29, 0.717) is 6.61 Å². The van der Waals surface area contributed by atoms with Gasteiger partial charge in [0.2, 0.25) is 0 Å². The van der Waals surface area contributed by atoms with Crippen LogP contribution in [0.1, 0.15) is 45.4 Å². The fraction of sp³-hybridized carbons (Fsp3) is 1.00. The number of aliphatic hydroxyl groups excluding tert-OH is 1. The maximum absolute atomic E-state index is 8.61. The summed E-state index contributed by atoms with van der Waals surface area (Å²) in [6.07, 6.45) is 6.90. The van der Waals surface area contributed by atoms with E-state index in [9.17, 15) is 0 Å². The third-order valence-corrected chi connectivity index (χ3v) is 3.06. The zero-order chi connectivity index (χ0) is 11.0. The van der Waals surface area contributed by atoms with Gasteiger partial charge in [-0.05, 0) is 39.2 Å². The van der Waals surface area contributed by atoms with E-state index in [4.69, 9.17) is 9.84 Å². The second kappa shape index (κ2) is 7.20. The standard InChI is InChI=1S/C12H25NO2/c1-12(7-6-10-15-12)11-13-8-4-2-3-5-9-14/h13-14H,2-11H2,1H3. The van der Waals surface area contributed by atoms with Gasteiger partial charge in [0.25, 0.3) is 0 Å². The summed E-state index contributed by atoms with van der Waals surface area (Å²) in [6, 6.07) is 0. The van der Waals surface area contributed by atoms with Gasteiger partial charge in [0.05, 0.1) is 5.60 Å². The Morgan fingerprint density at radius 1 is 1.27 bits per heavy atom. The lowest BCUT2D eigenvalue weighted by molar-refractivity contribution is 0.0210. The van der Waals surface area contributed by atoms with Gasteiger partial charge in [-0.2, -0.15) is 0 Å². The fourth-order valence-corrected chi connectivity index (χ4v) is 2.04. The Hall–Kier alpha value is -0.120. The van der Waals surface area contributed by atoms with Crippen LogP contribution in [-0.2, 0) is 4.74 Å². The maximum atomic E-state index is 8.61. The molecular formula is C12H25NO2. The smallest absolute Gasteiger partial charge is 0.0779 e. The molecule has 0 amide bonds. The molecule has 1 aliphatic heterocycles. The first-order valence-corrected chi connectivity index (χ1v) is 6.22. The molecule has 0 aromatic rings. The highest BCUT2D eigenvalue weighted by atomic mass is 16.5. The predicted molar refractivity (Wildman–Crippen MR) is 62.0 cm³/mol. The van der Waals surface area contributed by atoms with E-state index in [2.05, 4.69) is 12.2 Å². The molecule has 3 nitrogen and oxygen atoms in total. The van der Waals surface area contributed by atoms with E-state index in [1.807, 2.05) is 0 Å². The highest BCUT2D eigenvalue weighted by Gasteiger charge is 2.28. The lowest BCUT2D eigenvalue weighted by atomic mass is 10.0. The highest BCUT2D eigenvalue weighted by Crippen LogP contribution is 2.23. The van der Waals surface area contributed by atoms with Gasteiger partial charge in [-0.1, -0.05) is 12.8 Å². The van der Waals surface area contributed by atoms with E-state index in [0.717, 1.165) is 32.5 Å². The van der Waals surface area contributed by atoms with Crippen molar-refractivity contribution in [3.8, 4) is 0 Å². The zero-order valence-electron chi connectivity index (χ0n) is 9.93. The van der Waals surface area contributed by atoms with Crippen LogP contribution in [0, 0.1) is 0 Å². The molecule has 1 heterocycles. The third-order valence-electron chi connectivity index (χ3n) is 3.06. The summed E-state index contributed by atoms with van der Waals surface area (Å²) < 4.78 is 5.69. The summed E-state index contributed by atoms with van der Waals surface area (Å²) >= 11 is 0. The number of aliphatic hydroxyl groups is 1. The molecule has 1 rings (SSSR count). The van der Waals surface area contributed by atoms with Crippen LogP contribution < -0.4 is 5.32 Å². The average molecular weight is 215 g/mol. The normalized spacial score (nSPS) is 26.0. The number of hydrogen-bond donors (Lipinski definition) is 2. The molecule has 0 aromatic heterocycles. The minimum atomic E-state index is 0.0884. The zero-order valence-corrected chi connectivity index (χ0v) is 9.93. The average Bonchev–Trinajstić information content (AvgIpc) is 2.64. The minimum Gasteiger partial charge on any atom is -0.396 e. The summed E-state index contributed by atoms with van der Waals surface area (Å²) in [7, 11) is 0. The molecule has 0 aliphatic carbocycles. The van der Waals surface area contributed by atoms with Gasteiger partial charge >= 0.3 is 0 Å². The van der Waals surface area contributed by atoms with Crippen LogP contribution >= 0.6 is 0 Å². The van der Waals surface area contributed by atoms with Crippen LogP contribution in [0.5, 0.6) is 0 Å². The number of hydrogen-bond acceptors (Lipinski definition) is 3. The van der Waals surface area contributed by atoms with Gasteiger partial charge < -0.3 is 15.2 Å². The van der Waals surface area contributed by atoms with E-state index >= 15 is 0 Å². The van der Waals surface area contributed by atoms with Gasteiger partial charge in [-0.15, -0.1) is 0 Å². The molecule has 0 bridgehead atoms. The minimum absolute atomic E-state index is 0.0884. The van der Waals surface area contributed by atoms with Gasteiger partial charge in [0, 0.05) is 19.8 Å². The quantitative estimate of drug-likeness (QED) is 0.606. The lowest BCUT2D eigenvalue weighted by Gasteiger charge is -2.23. The van der Waals surface area contributed by atoms with E-state index < -0.39 is 0 Å². The Bertz CT molecular complexity index is 156. The monoisotopic (exact) mass is 215 g/mol. The Morgan fingerprint density at radius 2 is 2.07 bits per heavy atom. The first kappa shape index (κ1) is 12.9. The predicted octanol–water partition coefficient (Wildman–Crippen LogP) is 1.70. The molecule has 3 heteroatoms. The second-order valence-corrected chi connectivity index (χ2v) is 4.72. The number of ether oxygens (including phenoxy) is 1. The largest absolute Gasteiger partial charge is 0.396 e. The third kappa shape index (κ3) is 5.50. The molecule has 1 unspecified atom stereocenters. The van der Waals surface area contributed by atoms with Crippen LogP contribution in [0.4, 0.5) is 0 Å². The lowest BCUT2D eigenvalue weighted by Crippen LogP contribution is -2.37. The van der Waals surface area contributed by atoms with Crippen molar-refractivity contribution in [1.29, 1.82) is 0 Å². The van der Waals surface area contributed by atoms with Crippen molar-refractivity contribution in [2.75, 3.05) is 26.3 Å². The summed E-state index contributed by atoms with van der Waals surface area (Å²) in [5, 5.41) is 12.1. The number of rotatable bonds is 8. The van der Waals surface area contributed by atoms with Gasteiger partial charge in [0.15, 0.2) is 0 Å². The molecule has 0 aromatic carbocycles. The van der Waals surface area contributed by atoms with Crippen LogP contribution in [0.25, 0.3) is 0 Å². The number of unbranched alkanes of at least 4 members (excludes halogenated alkanes) is 3. The molecule has 0 radical (unpaired) electrons.